The number of carbonyl (C=O) groups is 1. The Morgan fingerprint density at radius 3 is 2.77 bits per heavy atom. The van der Waals surface area contributed by atoms with Crippen LogP contribution in [0.2, 0.25) is 0 Å². The minimum Gasteiger partial charge on any atom is -0.379 e. The van der Waals surface area contributed by atoms with Crippen molar-refractivity contribution < 1.29 is 18.8 Å². The molecule has 0 spiro atoms. The summed E-state index contributed by atoms with van der Waals surface area (Å²) in [4.78, 5) is 17.3. The van der Waals surface area contributed by atoms with E-state index < -0.39 is 0 Å². The maximum atomic E-state index is 12.9. The molecule has 0 saturated carbocycles. The minimum absolute atomic E-state index is 0.205. The number of pyridine rings is 1. The summed E-state index contributed by atoms with van der Waals surface area (Å²) in [5, 5.41) is 7.61. The van der Waals surface area contributed by atoms with Gasteiger partial charge in [-0.3, -0.25) is 4.79 Å². The summed E-state index contributed by atoms with van der Waals surface area (Å²) in [5.74, 6) is 1.21. The van der Waals surface area contributed by atoms with Gasteiger partial charge < -0.3 is 19.3 Å². The molecule has 0 fully saturated rings. The first kappa shape index (κ1) is 23.0. The Labute approximate surface area is 186 Å². The van der Waals surface area contributed by atoms with Gasteiger partial charge >= 0.3 is 0 Å². The molecule has 2 aromatic heterocycles. The van der Waals surface area contributed by atoms with E-state index in [1.54, 1.807) is 18.3 Å². The lowest BCUT2D eigenvalue weighted by atomic mass is 10.2. The first-order valence-corrected chi connectivity index (χ1v) is 11.1. The first-order valence-electron chi connectivity index (χ1n) is 10.1. The van der Waals surface area contributed by atoms with Crippen molar-refractivity contribution in [2.75, 3.05) is 25.1 Å². The van der Waals surface area contributed by atoms with Gasteiger partial charge in [0.05, 0.1) is 31.1 Å². The molecule has 31 heavy (non-hydrogen) atoms. The smallest absolute Gasteiger partial charge is 0.258 e. The van der Waals surface area contributed by atoms with Crippen LogP contribution in [0.4, 0.5) is 5.69 Å². The molecule has 1 N–H and O–H groups in total. The van der Waals surface area contributed by atoms with Gasteiger partial charge in [-0.25, -0.2) is 4.98 Å². The molecule has 1 aromatic carbocycles. The Bertz CT molecular complexity index is 986. The maximum Gasteiger partial charge on any atom is 0.258 e. The third-order valence-corrected chi connectivity index (χ3v) is 5.61. The summed E-state index contributed by atoms with van der Waals surface area (Å²) in [7, 11) is 0. The van der Waals surface area contributed by atoms with E-state index in [0.717, 1.165) is 22.6 Å². The van der Waals surface area contributed by atoms with Crippen molar-refractivity contribution in [2.45, 2.75) is 38.2 Å². The molecule has 1 amide bonds. The zero-order chi connectivity index (χ0) is 22.1. The number of nitrogens with one attached hydrogen (secondary N) is 1. The van der Waals surface area contributed by atoms with Crippen molar-refractivity contribution in [1.29, 1.82) is 0 Å². The van der Waals surface area contributed by atoms with E-state index in [-0.39, 0.29) is 5.91 Å². The van der Waals surface area contributed by atoms with Crippen LogP contribution in [0.15, 0.2) is 52.1 Å². The van der Waals surface area contributed by atoms with Crippen LogP contribution >= 0.6 is 11.8 Å². The summed E-state index contributed by atoms with van der Waals surface area (Å²) in [6.45, 7) is 7.99. The van der Waals surface area contributed by atoms with Crippen molar-refractivity contribution in [3.8, 4) is 0 Å². The number of anilines is 1. The molecular formula is C23H27N3O4S. The van der Waals surface area contributed by atoms with Gasteiger partial charge in [-0.15, -0.1) is 11.8 Å². The number of hydrogen-bond donors (Lipinski definition) is 1. The molecule has 0 aliphatic carbocycles. The second kappa shape index (κ2) is 11.6. The van der Waals surface area contributed by atoms with Crippen LogP contribution in [0.1, 0.15) is 39.9 Å². The third kappa shape index (κ3) is 6.65. The van der Waals surface area contributed by atoms with Gasteiger partial charge in [0.15, 0.2) is 0 Å². The topological polar surface area (TPSA) is 86.5 Å². The summed E-state index contributed by atoms with van der Waals surface area (Å²) in [5.41, 5.74) is 4.10. The molecule has 0 saturated heterocycles. The highest BCUT2D eigenvalue weighted by Crippen LogP contribution is 2.27. The highest BCUT2D eigenvalue weighted by atomic mass is 32.2. The minimum atomic E-state index is -0.205. The van der Waals surface area contributed by atoms with Crippen molar-refractivity contribution in [1.82, 2.24) is 10.1 Å². The standard InChI is InChI=1S/C23H27N3O4S/c1-4-28-11-12-29-14-18-7-5-8-19(13-18)25-22(27)20-9-6-10-24-23(20)31-15-21-16(2)26-30-17(21)3/h5-10,13H,4,11-12,14-15H2,1-3H3,(H,25,27). The molecule has 8 heteroatoms. The Kier molecular flexibility index (Phi) is 8.63. The second-order valence-corrected chi connectivity index (χ2v) is 7.82. The molecule has 0 aliphatic rings. The summed E-state index contributed by atoms with van der Waals surface area (Å²) in [6, 6.07) is 11.2. The number of hydrogen-bond acceptors (Lipinski definition) is 7. The van der Waals surface area contributed by atoms with Crippen LogP contribution < -0.4 is 5.32 Å². The van der Waals surface area contributed by atoms with Gasteiger partial charge in [0.1, 0.15) is 10.8 Å². The van der Waals surface area contributed by atoms with Crippen molar-refractivity contribution in [2.24, 2.45) is 0 Å². The van der Waals surface area contributed by atoms with Gasteiger partial charge in [-0.2, -0.15) is 0 Å². The van der Waals surface area contributed by atoms with E-state index in [4.69, 9.17) is 14.0 Å². The number of amides is 1. The van der Waals surface area contributed by atoms with Crippen LogP contribution in [-0.2, 0) is 21.8 Å². The third-order valence-electron chi connectivity index (χ3n) is 4.58. The van der Waals surface area contributed by atoms with E-state index in [1.165, 1.54) is 11.8 Å². The summed E-state index contributed by atoms with van der Waals surface area (Å²) < 4.78 is 16.1. The largest absolute Gasteiger partial charge is 0.379 e. The second-order valence-electron chi connectivity index (χ2n) is 6.85. The Morgan fingerprint density at radius 2 is 2.00 bits per heavy atom. The summed E-state index contributed by atoms with van der Waals surface area (Å²) >= 11 is 1.49. The lowest BCUT2D eigenvalue weighted by molar-refractivity contribution is 0.0453. The molecule has 0 bridgehead atoms. The lowest BCUT2D eigenvalue weighted by Gasteiger charge is -2.10. The maximum absolute atomic E-state index is 12.9. The van der Waals surface area contributed by atoms with E-state index in [0.29, 0.717) is 48.5 Å². The lowest BCUT2D eigenvalue weighted by Crippen LogP contribution is -2.14. The number of benzene rings is 1. The Morgan fingerprint density at radius 1 is 1.16 bits per heavy atom. The Hall–Kier alpha value is -2.68. The van der Waals surface area contributed by atoms with Gasteiger partial charge in [-0.05, 0) is 50.6 Å². The van der Waals surface area contributed by atoms with Crippen molar-refractivity contribution in [3.05, 3.63) is 70.7 Å². The van der Waals surface area contributed by atoms with E-state index in [1.807, 2.05) is 45.0 Å². The average molecular weight is 442 g/mol. The van der Waals surface area contributed by atoms with Gasteiger partial charge in [0.25, 0.3) is 5.91 Å². The molecule has 3 rings (SSSR count). The number of thioether (sulfide) groups is 1. The van der Waals surface area contributed by atoms with Gasteiger partial charge in [0, 0.05) is 29.8 Å². The monoisotopic (exact) mass is 441 g/mol. The number of rotatable bonds is 11. The van der Waals surface area contributed by atoms with Gasteiger partial charge in [-0.1, -0.05) is 17.3 Å². The molecule has 0 atom stereocenters. The molecule has 2 heterocycles. The zero-order valence-electron chi connectivity index (χ0n) is 18.0. The fourth-order valence-corrected chi connectivity index (χ4v) is 4.06. The van der Waals surface area contributed by atoms with Crippen LogP contribution in [0.25, 0.3) is 0 Å². The number of ether oxygens (including phenoxy) is 2. The molecule has 0 radical (unpaired) electrons. The van der Waals surface area contributed by atoms with Gasteiger partial charge in [0.2, 0.25) is 0 Å². The predicted octanol–water partition coefficient (Wildman–Crippen LogP) is 4.78. The molecule has 7 nitrogen and oxygen atoms in total. The summed E-state index contributed by atoms with van der Waals surface area (Å²) in [6.07, 6.45) is 1.69. The number of aryl methyl sites for hydroxylation is 2. The Balaban J connectivity index is 1.62. The van der Waals surface area contributed by atoms with Crippen molar-refractivity contribution in [3.63, 3.8) is 0 Å². The highest BCUT2D eigenvalue weighted by Gasteiger charge is 2.16. The number of nitrogens with zero attached hydrogens (tertiary/aromatic N) is 2. The zero-order valence-corrected chi connectivity index (χ0v) is 18.8. The normalized spacial score (nSPS) is 10.9. The highest BCUT2D eigenvalue weighted by molar-refractivity contribution is 7.98. The number of carbonyl (C=O) groups excluding carboxylic acids is 1. The van der Waals surface area contributed by atoms with E-state index in [9.17, 15) is 4.79 Å². The average Bonchev–Trinajstić information content (AvgIpc) is 3.10. The molecule has 164 valence electrons. The van der Waals surface area contributed by atoms with Crippen LogP contribution in [0.5, 0.6) is 0 Å². The number of aromatic nitrogens is 2. The molecule has 0 aliphatic heterocycles. The van der Waals surface area contributed by atoms with Crippen molar-refractivity contribution >= 4 is 23.4 Å². The van der Waals surface area contributed by atoms with Crippen LogP contribution in [-0.4, -0.2) is 35.9 Å². The SMILES string of the molecule is CCOCCOCc1cccc(NC(=O)c2cccnc2SCc2c(C)noc2C)c1. The fourth-order valence-electron chi connectivity index (χ4n) is 2.92. The first-order chi connectivity index (χ1) is 15.1. The quantitative estimate of drug-likeness (QED) is 0.338. The molecule has 3 aromatic rings. The van der Waals surface area contributed by atoms with Crippen LogP contribution in [0, 0.1) is 13.8 Å². The van der Waals surface area contributed by atoms with E-state index in [2.05, 4.69) is 15.5 Å². The predicted molar refractivity (Wildman–Crippen MR) is 120 cm³/mol. The van der Waals surface area contributed by atoms with E-state index >= 15 is 0 Å². The van der Waals surface area contributed by atoms with Crippen LogP contribution in [0.3, 0.4) is 0 Å². The fraction of sp³-hybridized carbons (Fsp3) is 0.348. The molecule has 0 unspecified atom stereocenters. The molecular weight excluding hydrogens is 414 g/mol.